The van der Waals surface area contributed by atoms with E-state index >= 15 is 0 Å². The molecule has 0 aromatic carbocycles. The fourth-order valence-corrected chi connectivity index (χ4v) is 1.28. The van der Waals surface area contributed by atoms with Crippen molar-refractivity contribution in [2.75, 3.05) is 6.61 Å². The third-order valence-corrected chi connectivity index (χ3v) is 2.05. The van der Waals surface area contributed by atoms with E-state index in [1.54, 1.807) is 12.4 Å². The van der Waals surface area contributed by atoms with E-state index in [0.29, 0.717) is 18.1 Å². The average Bonchev–Trinajstić information content (AvgIpc) is 2.57. The van der Waals surface area contributed by atoms with Crippen molar-refractivity contribution in [1.82, 2.24) is 19.6 Å². The minimum Gasteiger partial charge on any atom is -0.473 e. The van der Waals surface area contributed by atoms with Gasteiger partial charge in [-0.2, -0.15) is 0 Å². The van der Waals surface area contributed by atoms with E-state index < -0.39 is 5.54 Å². The molecule has 0 radical (unpaired) electrons. The van der Waals surface area contributed by atoms with Gasteiger partial charge >= 0.3 is 0 Å². The molecule has 86 valence electrons. The largest absolute Gasteiger partial charge is 0.473 e. The Hall–Kier alpha value is -1.69. The zero-order valence-corrected chi connectivity index (χ0v) is 9.64. The van der Waals surface area contributed by atoms with Crippen LogP contribution in [0.1, 0.15) is 19.7 Å². The van der Waals surface area contributed by atoms with Crippen LogP contribution in [-0.2, 0) is 0 Å². The highest BCUT2D eigenvalue weighted by Gasteiger charge is 2.14. The van der Waals surface area contributed by atoms with Gasteiger partial charge in [0.1, 0.15) is 12.4 Å². The van der Waals surface area contributed by atoms with Gasteiger partial charge in [-0.3, -0.25) is 4.40 Å². The van der Waals surface area contributed by atoms with Gasteiger partial charge in [-0.1, -0.05) is 0 Å². The maximum Gasteiger partial charge on any atom is 0.260 e. The summed E-state index contributed by atoms with van der Waals surface area (Å²) in [6, 6.07) is 0. The molecule has 0 atom stereocenters. The first-order chi connectivity index (χ1) is 7.47. The average molecular weight is 221 g/mol. The lowest BCUT2D eigenvalue weighted by Gasteiger charge is -2.18. The topological polar surface area (TPSA) is 78.3 Å². The number of hydrogen-bond donors (Lipinski definition) is 1. The third-order valence-electron chi connectivity index (χ3n) is 2.05. The summed E-state index contributed by atoms with van der Waals surface area (Å²) in [4.78, 5) is 4.12. The molecule has 0 unspecified atom stereocenters. The van der Waals surface area contributed by atoms with Gasteiger partial charge in [0.15, 0.2) is 0 Å². The van der Waals surface area contributed by atoms with Gasteiger partial charge in [-0.15, -0.1) is 10.2 Å². The van der Waals surface area contributed by atoms with E-state index in [0.717, 1.165) is 5.82 Å². The highest BCUT2D eigenvalue weighted by atomic mass is 16.5. The first-order valence-corrected chi connectivity index (χ1v) is 5.05. The zero-order chi connectivity index (χ0) is 11.8. The normalized spacial score (nSPS) is 12.0. The van der Waals surface area contributed by atoms with Crippen LogP contribution in [0.25, 0.3) is 5.65 Å². The van der Waals surface area contributed by atoms with Gasteiger partial charge < -0.3 is 10.5 Å². The van der Waals surface area contributed by atoms with E-state index in [-0.39, 0.29) is 0 Å². The number of aryl methyl sites for hydroxylation is 1. The van der Waals surface area contributed by atoms with Gasteiger partial charge in [0.2, 0.25) is 5.65 Å². The van der Waals surface area contributed by atoms with Crippen LogP contribution in [0.2, 0.25) is 0 Å². The molecule has 0 bridgehead atoms. The summed E-state index contributed by atoms with van der Waals surface area (Å²) in [6.45, 7) is 6.03. The summed E-state index contributed by atoms with van der Waals surface area (Å²) >= 11 is 0. The molecule has 0 aliphatic heterocycles. The van der Waals surface area contributed by atoms with Crippen LogP contribution in [-0.4, -0.2) is 31.7 Å². The van der Waals surface area contributed by atoms with Crippen molar-refractivity contribution in [1.29, 1.82) is 0 Å². The summed E-state index contributed by atoms with van der Waals surface area (Å²) in [5.41, 5.74) is 6.05. The quantitative estimate of drug-likeness (QED) is 0.818. The maximum atomic E-state index is 5.84. The summed E-state index contributed by atoms with van der Waals surface area (Å²) < 4.78 is 7.36. The van der Waals surface area contributed by atoms with Gasteiger partial charge in [0.25, 0.3) is 5.88 Å². The Kier molecular flexibility index (Phi) is 2.51. The Bertz CT molecular complexity index is 499. The molecule has 6 heteroatoms. The Morgan fingerprint density at radius 3 is 2.88 bits per heavy atom. The molecule has 2 N–H and O–H groups in total. The van der Waals surface area contributed by atoms with Crippen molar-refractivity contribution in [2.45, 2.75) is 26.3 Å². The highest BCUT2D eigenvalue weighted by molar-refractivity contribution is 5.48. The van der Waals surface area contributed by atoms with Crippen molar-refractivity contribution in [2.24, 2.45) is 5.73 Å². The molecule has 2 aromatic heterocycles. The smallest absolute Gasteiger partial charge is 0.260 e. The van der Waals surface area contributed by atoms with Crippen LogP contribution in [0, 0.1) is 6.92 Å². The van der Waals surface area contributed by atoms with Crippen LogP contribution in [0.15, 0.2) is 12.4 Å². The SMILES string of the molecule is Cc1nnc2c(OCC(C)(C)N)nccn12. The standard InChI is InChI=1S/C10H15N5O/c1-7-13-14-8-9(12-4-5-15(7)8)16-6-10(2,3)11/h4-5H,6,11H2,1-3H3. The molecule has 2 aromatic rings. The van der Waals surface area contributed by atoms with Crippen molar-refractivity contribution in [3.63, 3.8) is 0 Å². The molecule has 0 aliphatic carbocycles. The van der Waals surface area contributed by atoms with Gasteiger partial charge in [-0.05, 0) is 20.8 Å². The van der Waals surface area contributed by atoms with Gasteiger partial charge in [-0.25, -0.2) is 4.98 Å². The molecule has 6 nitrogen and oxygen atoms in total. The lowest BCUT2D eigenvalue weighted by molar-refractivity contribution is 0.236. The van der Waals surface area contributed by atoms with Crippen LogP contribution >= 0.6 is 0 Å². The second kappa shape index (κ2) is 3.71. The molecule has 16 heavy (non-hydrogen) atoms. The van der Waals surface area contributed by atoms with Crippen molar-refractivity contribution in [3.8, 4) is 5.88 Å². The number of rotatable bonds is 3. The van der Waals surface area contributed by atoms with E-state index in [1.165, 1.54) is 0 Å². The summed E-state index contributed by atoms with van der Waals surface area (Å²) in [7, 11) is 0. The van der Waals surface area contributed by atoms with Crippen LogP contribution < -0.4 is 10.5 Å². The molecule has 0 amide bonds. The molecular weight excluding hydrogens is 206 g/mol. The summed E-state index contributed by atoms with van der Waals surface area (Å²) in [6.07, 6.45) is 3.45. The molecule has 0 fully saturated rings. The Labute approximate surface area is 93.5 Å². The van der Waals surface area contributed by atoms with E-state index in [2.05, 4.69) is 15.2 Å². The van der Waals surface area contributed by atoms with Gasteiger partial charge in [0.05, 0.1) is 0 Å². The van der Waals surface area contributed by atoms with Crippen LogP contribution in [0.5, 0.6) is 5.88 Å². The second-order valence-corrected chi connectivity index (χ2v) is 4.45. The summed E-state index contributed by atoms with van der Waals surface area (Å²) in [5, 5.41) is 7.97. The molecule has 0 saturated carbocycles. The van der Waals surface area contributed by atoms with Gasteiger partial charge in [0, 0.05) is 17.9 Å². The van der Waals surface area contributed by atoms with Crippen LogP contribution in [0.4, 0.5) is 0 Å². The van der Waals surface area contributed by atoms with Crippen molar-refractivity contribution >= 4 is 5.65 Å². The lowest BCUT2D eigenvalue weighted by Crippen LogP contribution is -2.38. The van der Waals surface area contributed by atoms with Crippen molar-refractivity contribution < 1.29 is 4.74 Å². The second-order valence-electron chi connectivity index (χ2n) is 4.45. The van der Waals surface area contributed by atoms with E-state index in [4.69, 9.17) is 10.5 Å². The number of fused-ring (bicyclic) bond motifs is 1. The highest BCUT2D eigenvalue weighted by Crippen LogP contribution is 2.15. The Morgan fingerprint density at radius 2 is 2.19 bits per heavy atom. The molecule has 2 heterocycles. The number of nitrogens with two attached hydrogens (primary N) is 1. The minimum absolute atomic E-state index is 0.381. The lowest BCUT2D eigenvalue weighted by atomic mass is 10.1. The van der Waals surface area contributed by atoms with Crippen molar-refractivity contribution in [3.05, 3.63) is 18.2 Å². The third kappa shape index (κ3) is 2.11. The first-order valence-electron chi connectivity index (χ1n) is 5.05. The maximum absolute atomic E-state index is 5.84. The first kappa shape index (κ1) is 10.8. The molecule has 2 rings (SSSR count). The van der Waals surface area contributed by atoms with E-state index in [1.807, 2.05) is 25.2 Å². The molecular formula is C10H15N5O. The fraction of sp³-hybridized carbons (Fsp3) is 0.500. The fourth-order valence-electron chi connectivity index (χ4n) is 1.28. The molecule has 0 saturated heterocycles. The summed E-state index contributed by atoms with van der Waals surface area (Å²) in [5.74, 6) is 1.26. The number of ether oxygens (including phenoxy) is 1. The molecule has 0 aliphatic rings. The number of nitrogens with zero attached hydrogens (tertiary/aromatic N) is 4. The Balaban J connectivity index is 2.31. The predicted octanol–water partition coefficient (Wildman–Crippen LogP) is 0.549. The predicted molar refractivity (Wildman–Crippen MR) is 59.3 cm³/mol. The molecule has 0 spiro atoms. The number of aromatic nitrogens is 4. The number of hydrogen-bond acceptors (Lipinski definition) is 5. The zero-order valence-electron chi connectivity index (χ0n) is 9.64. The Morgan fingerprint density at radius 1 is 1.44 bits per heavy atom. The van der Waals surface area contributed by atoms with E-state index in [9.17, 15) is 0 Å². The van der Waals surface area contributed by atoms with Crippen LogP contribution in [0.3, 0.4) is 0 Å². The monoisotopic (exact) mass is 221 g/mol. The minimum atomic E-state index is -0.399.